The van der Waals surface area contributed by atoms with Gasteiger partial charge >= 0.3 is 0 Å². The zero-order valence-corrected chi connectivity index (χ0v) is 14.3. The van der Waals surface area contributed by atoms with E-state index in [1.54, 1.807) is 6.07 Å². The van der Waals surface area contributed by atoms with Gasteiger partial charge < -0.3 is 15.8 Å². The van der Waals surface area contributed by atoms with Crippen molar-refractivity contribution < 1.29 is 9.53 Å². The summed E-state index contributed by atoms with van der Waals surface area (Å²) < 4.78 is 5.73. The minimum absolute atomic E-state index is 0. The van der Waals surface area contributed by atoms with E-state index in [1.165, 1.54) is 0 Å². The molecule has 4 nitrogen and oxygen atoms in total. The Balaban J connectivity index is 0.00000242. The fourth-order valence-corrected chi connectivity index (χ4v) is 2.83. The number of ether oxygens (including phenoxy) is 1. The summed E-state index contributed by atoms with van der Waals surface area (Å²) >= 11 is 6.04. The first-order valence-corrected chi connectivity index (χ1v) is 7.88. The summed E-state index contributed by atoms with van der Waals surface area (Å²) in [7, 11) is 0. The maximum absolute atomic E-state index is 12.1. The zero-order chi connectivity index (χ0) is 15.2. The monoisotopic (exact) mass is 346 g/mol. The molecule has 1 amide bonds. The number of carbonyl (C=O) groups excluding carboxylic acids is 1. The van der Waals surface area contributed by atoms with Crippen molar-refractivity contribution >= 4 is 29.9 Å². The molecule has 0 saturated heterocycles. The standard InChI is InChI=1S/C16H23ClN2O2.ClH/c1-11(21-15-8-3-2-7-14(15)17)10-19-16(20)12-5-4-6-13(18)9-12;/h2-3,7-8,11-13H,4-6,9-10,18H2,1H3,(H,19,20);1H. The van der Waals surface area contributed by atoms with Crippen LogP contribution in [0.1, 0.15) is 32.6 Å². The first-order chi connectivity index (χ1) is 10.1. The summed E-state index contributed by atoms with van der Waals surface area (Å²) in [6, 6.07) is 7.49. The smallest absolute Gasteiger partial charge is 0.223 e. The van der Waals surface area contributed by atoms with Crippen LogP contribution >= 0.6 is 24.0 Å². The Morgan fingerprint density at radius 3 is 2.86 bits per heavy atom. The van der Waals surface area contributed by atoms with Crippen LogP contribution in [0.3, 0.4) is 0 Å². The van der Waals surface area contributed by atoms with E-state index in [4.69, 9.17) is 22.1 Å². The number of halogens is 2. The lowest BCUT2D eigenvalue weighted by atomic mass is 9.85. The van der Waals surface area contributed by atoms with Gasteiger partial charge in [-0.2, -0.15) is 0 Å². The van der Waals surface area contributed by atoms with Crippen LogP contribution in [0.5, 0.6) is 5.75 Å². The number of nitrogens with one attached hydrogen (secondary N) is 1. The van der Waals surface area contributed by atoms with Crippen LogP contribution in [-0.4, -0.2) is 24.6 Å². The van der Waals surface area contributed by atoms with E-state index < -0.39 is 0 Å². The molecule has 3 N–H and O–H groups in total. The number of hydrogen-bond acceptors (Lipinski definition) is 3. The molecule has 0 aliphatic heterocycles. The number of benzene rings is 1. The molecule has 1 saturated carbocycles. The van der Waals surface area contributed by atoms with Crippen LogP contribution in [-0.2, 0) is 4.79 Å². The van der Waals surface area contributed by atoms with Gasteiger partial charge in [0, 0.05) is 12.0 Å². The highest BCUT2D eigenvalue weighted by Gasteiger charge is 2.25. The second kappa shape index (κ2) is 9.23. The molecular weight excluding hydrogens is 323 g/mol. The van der Waals surface area contributed by atoms with Gasteiger partial charge in [0.05, 0.1) is 11.6 Å². The number of hydrogen-bond donors (Lipinski definition) is 2. The van der Waals surface area contributed by atoms with Gasteiger partial charge in [0.1, 0.15) is 11.9 Å². The summed E-state index contributed by atoms with van der Waals surface area (Å²) in [5, 5.41) is 3.53. The highest BCUT2D eigenvalue weighted by Crippen LogP contribution is 2.25. The number of amides is 1. The van der Waals surface area contributed by atoms with Gasteiger partial charge in [-0.15, -0.1) is 12.4 Å². The van der Waals surface area contributed by atoms with Crippen LogP contribution in [0.2, 0.25) is 5.02 Å². The van der Waals surface area contributed by atoms with E-state index in [0.29, 0.717) is 17.3 Å². The molecule has 0 aromatic heterocycles. The van der Waals surface area contributed by atoms with Crippen molar-refractivity contribution in [3.63, 3.8) is 0 Å². The Hall–Kier alpha value is -0.970. The topological polar surface area (TPSA) is 64.4 Å². The number of carbonyl (C=O) groups is 1. The molecule has 0 radical (unpaired) electrons. The van der Waals surface area contributed by atoms with Crippen molar-refractivity contribution in [1.29, 1.82) is 0 Å². The summed E-state index contributed by atoms with van der Waals surface area (Å²) in [5.74, 6) is 0.765. The predicted molar refractivity (Wildman–Crippen MR) is 91.7 cm³/mol. The fraction of sp³-hybridized carbons (Fsp3) is 0.562. The minimum atomic E-state index is -0.133. The van der Waals surface area contributed by atoms with Crippen molar-refractivity contribution in [2.75, 3.05) is 6.54 Å². The number of rotatable bonds is 5. The third-order valence-electron chi connectivity index (χ3n) is 3.81. The lowest BCUT2D eigenvalue weighted by Gasteiger charge is -2.26. The normalized spacial score (nSPS) is 22.3. The maximum atomic E-state index is 12.1. The molecule has 1 fully saturated rings. The Bertz CT molecular complexity index is 485. The van der Waals surface area contributed by atoms with Gasteiger partial charge in [-0.05, 0) is 38.3 Å². The van der Waals surface area contributed by atoms with Crippen LogP contribution in [0.4, 0.5) is 0 Å². The van der Waals surface area contributed by atoms with Crippen LogP contribution < -0.4 is 15.8 Å². The van der Waals surface area contributed by atoms with E-state index in [2.05, 4.69) is 5.32 Å². The van der Waals surface area contributed by atoms with Gasteiger partial charge in [-0.1, -0.05) is 30.2 Å². The van der Waals surface area contributed by atoms with Crippen molar-refractivity contribution in [3.8, 4) is 5.75 Å². The fourth-order valence-electron chi connectivity index (χ4n) is 2.65. The molecule has 3 unspecified atom stereocenters. The van der Waals surface area contributed by atoms with E-state index in [1.807, 2.05) is 25.1 Å². The second-order valence-corrected chi connectivity index (χ2v) is 6.13. The van der Waals surface area contributed by atoms with Gasteiger partial charge in [0.25, 0.3) is 0 Å². The largest absolute Gasteiger partial charge is 0.487 e. The molecule has 22 heavy (non-hydrogen) atoms. The maximum Gasteiger partial charge on any atom is 0.223 e. The average Bonchev–Trinajstić information content (AvgIpc) is 2.47. The third-order valence-corrected chi connectivity index (χ3v) is 4.13. The quantitative estimate of drug-likeness (QED) is 0.860. The molecule has 1 aliphatic carbocycles. The molecule has 6 heteroatoms. The summed E-state index contributed by atoms with van der Waals surface area (Å²) in [6.45, 7) is 2.38. The van der Waals surface area contributed by atoms with E-state index in [-0.39, 0.29) is 36.4 Å². The molecule has 0 spiro atoms. The van der Waals surface area contributed by atoms with Gasteiger partial charge in [-0.3, -0.25) is 4.79 Å². The Morgan fingerprint density at radius 2 is 2.18 bits per heavy atom. The van der Waals surface area contributed by atoms with Gasteiger partial charge in [0.15, 0.2) is 0 Å². The molecule has 1 aromatic carbocycles. The molecular formula is C16H24Cl2N2O2. The predicted octanol–water partition coefficient (Wildman–Crippen LogP) is 3.16. The van der Waals surface area contributed by atoms with Crippen molar-refractivity contribution in [2.24, 2.45) is 11.7 Å². The highest BCUT2D eigenvalue weighted by atomic mass is 35.5. The molecule has 124 valence electrons. The summed E-state index contributed by atoms with van der Waals surface area (Å²) in [4.78, 5) is 12.1. The SMILES string of the molecule is CC(CNC(=O)C1CCCC(N)C1)Oc1ccccc1Cl.Cl. The number of para-hydroxylation sites is 1. The molecule has 0 bridgehead atoms. The van der Waals surface area contributed by atoms with E-state index in [0.717, 1.165) is 25.7 Å². The third kappa shape index (κ3) is 5.67. The first-order valence-electron chi connectivity index (χ1n) is 7.50. The lowest BCUT2D eigenvalue weighted by Crippen LogP contribution is -2.41. The molecule has 3 atom stereocenters. The molecule has 2 rings (SSSR count). The van der Waals surface area contributed by atoms with Crippen LogP contribution in [0, 0.1) is 5.92 Å². The zero-order valence-electron chi connectivity index (χ0n) is 12.8. The Labute approximate surface area is 143 Å². The summed E-state index contributed by atoms with van der Waals surface area (Å²) in [6.07, 6.45) is 3.64. The molecule has 0 heterocycles. The van der Waals surface area contributed by atoms with Crippen LogP contribution in [0.25, 0.3) is 0 Å². The van der Waals surface area contributed by atoms with Gasteiger partial charge in [-0.25, -0.2) is 0 Å². The van der Waals surface area contributed by atoms with Crippen molar-refractivity contribution in [1.82, 2.24) is 5.32 Å². The Kier molecular flexibility index (Phi) is 8.01. The minimum Gasteiger partial charge on any atom is -0.487 e. The average molecular weight is 347 g/mol. The van der Waals surface area contributed by atoms with Crippen LogP contribution in [0.15, 0.2) is 24.3 Å². The summed E-state index contributed by atoms with van der Waals surface area (Å²) in [5.41, 5.74) is 5.92. The van der Waals surface area contributed by atoms with Gasteiger partial charge in [0.2, 0.25) is 5.91 Å². The van der Waals surface area contributed by atoms with Crippen molar-refractivity contribution in [2.45, 2.75) is 44.8 Å². The lowest BCUT2D eigenvalue weighted by molar-refractivity contribution is -0.126. The number of nitrogens with two attached hydrogens (primary N) is 1. The van der Waals surface area contributed by atoms with Crippen molar-refractivity contribution in [3.05, 3.63) is 29.3 Å². The highest BCUT2D eigenvalue weighted by molar-refractivity contribution is 6.32. The van der Waals surface area contributed by atoms with E-state index in [9.17, 15) is 4.79 Å². The Morgan fingerprint density at radius 1 is 1.45 bits per heavy atom. The first kappa shape index (κ1) is 19.1. The molecule has 1 aliphatic rings. The molecule has 1 aromatic rings. The second-order valence-electron chi connectivity index (χ2n) is 5.73. The van der Waals surface area contributed by atoms with E-state index >= 15 is 0 Å².